The molecule has 0 radical (unpaired) electrons. The van der Waals surface area contributed by atoms with E-state index in [0.717, 1.165) is 31.2 Å². The summed E-state index contributed by atoms with van der Waals surface area (Å²) >= 11 is 0. The molecule has 0 unspecified atom stereocenters. The lowest BCUT2D eigenvalue weighted by molar-refractivity contribution is 0.0623. The molecule has 2 rings (SSSR count). The van der Waals surface area contributed by atoms with E-state index in [4.69, 9.17) is 4.74 Å². The van der Waals surface area contributed by atoms with Gasteiger partial charge >= 0.3 is 6.09 Å². The number of rotatable bonds is 10. The van der Waals surface area contributed by atoms with Crippen LogP contribution in [0.15, 0.2) is 36.9 Å². The maximum atomic E-state index is 12.3. The Hall–Kier alpha value is -1.81. The Labute approximate surface area is 157 Å². The molecule has 1 aliphatic rings. The Morgan fingerprint density at radius 1 is 1.31 bits per heavy atom. The van der Waals surface area contributed by atoms with Gasteiger partial charge in [-0.05, 0) is 36.8 Å². The van der Waals surface area contributed by atoms with E-state index in [2.05, 4.69) is 18.7 Å². The number of ether oxygens (including phenoxy) is 1. The fourth-order valence-corrected chi connectivity index (χ4v) is 4.00. The highest BCUT2D eigenvalue weighted by Gasteiger charge is 2.36. The monoisotopic (exact) mass is 359 g/mol. The molecule has 4 heteroatoms. The van der Waals surface area contributed by atoms with Gasteiger partial charge in [0.05, 0.1) is 13.2 Å². The minimum absolute atomic E-state index is 0.0451. The second-order valence-electron chi connectivity index (χ2n) is 7.13. The highest BCUT2D eigenvalue weighted by molar-refractivity contribution is 5.69. The Kier molecular flexibility index (Phi) is 8.69. The zero-order valence-corrected chi connectivity index (χ0v) is 16.0. The van der Waals surface area contributed by atoms with Crippen LogP contribution in [0.5, 0.6) is 0 Å². The third kappa shape index (κ3) is 5.34. The smallest absolute Gasteiger partial charge is 0.410 e. The third-order valence-corrected chi connectivity index (χ3v) is 5.40. The van der Waals surface area contributed by atoms with Gasteiger partial charge in [0.15, 0.2) is 0 Å². The summed E-state index contributed by atoms with van der Waals surface area (Å²) in [6.07, 6.45) is 10.4. The molecular formula is C22H33NO3. The minimum Gasteiger partial charge on any atom is -0.453 e. The standard InChI is InChI=1S/C22H33NO3/c1-3-4-5-6-7-8-9-13-19(17-24)21-20-14-11-10-12-18(20)15-16-23(21)22(25)26-2/h3,10-12,14,19,21,24H,1,4-9,13,15-17H2,2H3/t19-,21+/m0/s1. The predicted octanol–water partition coefficient (Wildman–Crippen LogP) is 4.88. The van der Waals surface area contributed by atoms with Crippen LogP contribution >= 0.6 is 0 Å². The first-order valence-corrected chi connectivity index (χ1v) is 9.87. The van der Waals surface area contributed by atoms with E-state index in [0.29, 0.717) is 6.54 Å². The summed E-state index contributed by atoms with van der Waals surface area (Å²) < 4.78 is 5.01. The molecular weight excluding hydrogens is 326 g/mol. The number of fused-ring (bicyclic) bond motifs is 1. The van der Waals surface area contributed by atoms with Gasteiger partial charge in [0.2, 0.25) is 0 Å². The van der Waals surface area contributed by atoms with E-state index in [-0.39, 0.29) is 24.7 Å². The fourth-order valence-electron chi connectivity index (χ4n) is 4.00. The quantitative estimate of drug-likeness (QED) is 0.478. The van der Waals surface area contributed by atoms with E-state index in [1.807, 2.05) is 18.2 Å². The van der Waals surface area contributed by atoms with Crippen molar-refractivity contribution in [2.24, 2.45) is 5.92 Å². The summed E-state index contributed by atoms with van der Waals surface area (Å²) in [6, 6.07) is 8.18. The molecule has 0 spiro atoms. The Morgan fingerprint density at radius 2 is 2.04 bits per heavy atom. The van der Waals surface area contributed by atoms with Gasteiger partial charge < -0.3 is 14.7 Å². The average molecular weight is 360 g/mol. The number of methoxy groups -OCH3 is 1. The largest absolute Gasteiger partial charge is 0.453 e. The van der Waals surface area contributed by atoms with Crippen molar-refractivity contribution in [1.82, 2.24) is 4.90 Å². The molecule has 0 aromatic heterocycles. The molecule has 4 nitrogen and oxygen atoms in total. The van der Waals surface area contributed by atoms with Crippen molar-refractivity contribution in [3.05, 3.63) is 48.0 Å². The van der Waals surface area contributed by atoms with Crippen LogP contribution in [0.25, 0.3) is 0 Å². The van der Waals surface area contributed by atoms with Gasteiger partial charge in [-0.15, -0.1) is 6.58 Å². The topological polar surface area (TPSA) is 49.8 Å². The number of nitrogens with zero attached hydrogens (tertiary/aromatic N) is 1. The number of aliphatic hydroxyl groups is 1. The van der Waals surface area contributed by atoms with Crippen molar-refractivity contribution in [3.63, 3.8) is 0 Å². The molecule has 1 N–H and O–H groups in total. The van der Waals surface area contributed by atoms with Gasteiger partial charge in [0.25, 0.3) is 0 Å². The summed E-state index contributed by atoms with van der Waals surface area (Å²) in [7, 11) is 1.43. The fraction of sp³-hybridized carbons (Fsp3) is 0.591. The summed E-state index contributed by atoms with van der Waals surface area (Å²) in [5, 5.41) is 10.1. The van der Waals surface area contributed by atoms with Gasteiger partial charge in [-0.2, -0.15) is 0 Å². The number of aliphatic hydroxyl groups excluding tert-OH is 1. The molecule has 0 bridgehead atoms. The van der Waals surface area contributed by atoms with Crippen LogP contribution < -0.4 is 0 Å². The number of hydrogen-bond acceptors (Lipinski definition) is 3. The van der Waals surface area contributed by atoms with Gasteiger partial charge in [0, 0.05) is 19.1 Å². The summed E-state index contributed by atoms with van der Waals surface area (Å²) in [5.41, 5.74) is 2.44. The molecule has 26 heavy (non-hydrogen) atoms. The second-order valence-corrected chi connectivity index (χ2v) is 7.13. The zero-order valence-electron chi connectivity index (χ0n) is 16.0. The molecule has 0 aliphatic carbocycles. The molecule has 1 heterocycles. The van der Waals surface area contributed by atoms with Crippen molar-refractivity contribution in [2.45, 2.75) is 57.4 Å². The number of carbonyl (C=O) groups is 1. The molecule has 1 amide bonds. The Bertz CT molecular complexity index is 572. The average Bonchev–Trinajstić information content (AvgIpc) is 2.69. The van der Waals surface area contributed by atoms with Crippen molar-refractivity contribution < 1.29 is 14.6 Å². The highest BCUT2D eigenvalue weighted by Crippen LogP contribution is 2.37. The normalized spacial score (nSPS) is 17.5. The molecule has 1 aliphatic heterocycles. The van der Waals surface area contributed by atoms with Crippen LogP contribution in [0.4, 0.5) is 4.79 Å². The molecule has 0 saturated carbocycles. The Morgan fingerprint density at radius 3 is 2.77 bits per heavy atom. The number of amides is 1. The maximum absolute atomic E-state index is 12.3. The molecule has 144 valence electrons. The van der Waals surface area contributed by atoms with E-state index in [1.54, 1.807) is 4.90 Å². The van der Waals surface area contributed by atoms with Crippen LogP contribution in [-0.4, -0.2) is 36.4 Å². The van der Waals surface area contributed by atoms with Crippen molar-refractivity contribution in [1.29, 1.82) is 0 Å². The first-order chi connectivity index (χ1) is 12.7. The second kappa shape index (κ2) is 11.0. The lowest BCUT2D eigenvalue weighted by atomic mass is 9.82. The van der Waals surface area contributed by atoms with Crippen LogP contribution in [0.1, 0.15) is 62.1 Å². The maximum Gasteiger partial charge on any atom is 0.410 e. The van der Waals surface area contributed by atoms with E-state index in [1.165, 1.54) is 38.4 Å². The zero-order chi connectivity index (χ0) is 18.8. The van der Waals surface area contributed by atoms with Crippen molar-refractivity contribution in [3.8, 4) is 0 Å². The molecule has 1 aromatic rings. The van der Waals surface area contributed by atoms with Gasteiger partial charge in [0.1, 0.15) is 0 Å². The lowest BCUT2D eigenvalue weighted by Gasteiger charge is -2.40. The summed E-state index contributed by atoms with van der Waals surface area (Å²) in [6.45, 7) is 4.49. The number of hydrogen-bond donors (Lipinski definition) is 1. The SMILES string of the molecule is C=CCCCCCCC[C@@H](CO)[C@@H]1c2ccccc2CCN1C(=O)OC. The molecule has 2 atom stereocenters. The van der Waals surface area contributed by atoms with Crippen LogP contribution in [0, 0.1) is 5.92 Å². The van der Waals surface area contributed by atoms with Gasteiger partial charge in [-0.3, -0.25) is 0 Å². The highest BCUT2D eigenvalue weighted by atomic mass is 16.5. The first kappa shape index (κ1) is 20.5. The lowest BCUT2D eigenvalue weighted by Crippen LogP contribution is -2.44. The van der Waals surface area contributed by atoms with Gasteiger partial charge in [-0.25, -0.2) is 4.79 Å². The molecule has 0 saturated heterocycles. The van der Waals surface area contributed by atoms with E-state index in [9.17, 15) is 9.90 Å². The van der Waals surface area contributed by atoms with E-state index < -0.39 is 0 Å². The first-order valence-electron chi connectivity index (χ1n) is 9.87. The number of benzene rings is 1. The summed E-state index contributed by atoms with van der Waals surface area (Å²) in [4.78, 5) is 14.1. The van der Waals surface area contributed by atoms with Gasteiger partial charge in [-0.1, -0.05) is 56.0 Å². The third-order valence-electron chi connectivity index (χ3n) is 5.40. The molecule has 0 fully saturated rings. The number of carbonyl (C=O) groups excluding carboxylic acids is 1. The van der Waals surface area contributed by atoms with Crippen molar-refractivity contribution >= 4 is 6.09 Å². The predicted molar refractivity (Wildman–Crippen MR) is 105 cm³/mol. The summed E-state index contributed by atoms with van der Waals surface area (Å²) in [5.74, 6) is 0.0451. The molecule has 1 aromatic carbocycles. The minimum atomic E-state index is -0.299. The van der Waals surface area contributed by atoms with E-state index >= 15 is 0 Å². The number of unbranched alkanes of at least 4 members (excludes halogenated alkanes) is 5. The van der Waals surface area contributed by atoms with Crippen LogP contribution in [-0.2, 0) is 11.2 Å². The van der Waals surface area contributed by atoms with Crippen LogP contribution in [0.3, 0.4) is 0 Å². The number of allylic oxidation sites excluding steroid dienone is 1. The van der Waals surface area contributed by atoms with Crippen LogP contribution in [0.2, 0.25) is 0 Å². The Balaban J connectivity index is 2.01. The van der Waals surface area contributed by atoms with Crippen molar-refractivity contribution in [2.75, 3.05) is 20.3 Å².